The van der Waals surface area contributed by atoms with Crippen LogP contribution in [0.3, 0.4) is 0 Å². The lowest BCUT2D eigenvalue weighted by atomic mass is 9.89. The summed E-state index contributed by atoms with van der Waals surface area (Å²) in [5.41, 5.74) is 1.08. The number of hydrogen-bond acceptors (Lipinski definition) is 3. The number of anilines is 1. The standard InChI is InChI=1S/C19H27N3O3/c1-13(2)20-19(24)21-15-8-4-3-7-14(15)18(23)22-11-12-25-17-10-6-5-9-16(17)22/h3-4,7-8,13,16-17H,5-6,9-12H2,1-2H3,(H2,20,21,24)/t16-,17+/m0/s1. The van der Waals surface area contributed by atoms with Crippen LogP contribution in [-0.2, 0) is 4.74 Å². The van der Waals surface area contributed by atoms with Crippen molar-refractivity contribution >= 4 is 17.6 Å². The van der Waals surface area contributed by atoms with Crippen molar-refractivity contribution in [1.82, 2.24) is 10.2 Å². The van der Waals surface area contributed by atoms with E-state index < -0.39 is 0 Å². The van der Waals surface area contributed by atoms with Gasteiger partial charge in [0, 0.05) is 12.6 Å². The Morgan fingerprint density at radius 3 is 2.76 bits per heavy atom. The summed E-state index contributed by atoms with van der Waals surface area (Å²) < 4.78 is 5.86. The summed E-state index contributed by atoms with van der Waals surface area (Å²) in [6, 6.07) is 7.08. The van der Waals surface area contributed by atoms with Crippen LogP contribution < -0.4 is 10.6 Å². The number of benzene rings is 1. The van der Waals surface area contributed by atoms with Crippen molar-refractivity contribution in [3.8, 4) is 0 Å². The Kier molecular flexibility index (Phi) is 5.58. The molecule has 3 rings (SSSR count). The minimum Gasteiger partial charge on any atom is -0.374 e. The molecule has 0 aromatic heterocycles. The Bertz CT molecular complexity index is 630. The molecule has 25 heavy (non-hydrogen) atoms. The molecule has 1 heterocycles. The summed E-state index contributed by atoms with van der Waals surface area (Å²) in [7, 11) is 0. The third-order valence-corrected chi connectivity index (χ3v) is 4.82. The average molecular weight is 345 g/mol. The van der Waals surface area contributed by atoms with Crippen molar-refractivity contribution in [3.05, 3.63) is 29.8 Å². The van der Waals surface area contributed by atoms with Crippen LogP contribution in [-0.4, -0.2) is 48.2 Å². The lowest BCUT2D eigenvalue weighted by Gasteiger charge is -2.44. The number of nitrogens with zero attached hydrogens (tertiary/aromatic N) is 1. The van der Waals surface area contributed by atoms with Gasteiger partial charge in [-0.05, 0) is 38.8 Å². The number of carbonyl (C=O) groups is 2. The summed E-state index contributed by atoms with van der Waals surface area (Å²) in [4.78, 5) is 27.2. The van der Waals surface area contributed by atoms with Gasteiger partial charge in [0.1, 0.15) is 0 Å². The number of rotatable bonds is 3. The van der Waals surface area contributed by atoms with Crippen LogP contribution in [0.4, 0.5) is 10.5 Å². The predicted octanol–water partition coefficient (Wildman–Crippen LogP) is 3.00. The van der Waals surface area contributed by atoms with Gasteiger partial charge >= 0.3 is 6.03 Å². The molecule has 1 aliphatic carbocycles. The third kappa shape index (κ3) is 4.12. The van der Waals surface area contributed by atoms with Crippen molar-refractivity contribution in [2.24, 2.45) is 0 Å². The normalized spacial score (nSPS) is 23.1. The molecule has 136 valence electrons. The van der Waals surface area contributed by atoms with Crippen LogP contribution in [0.2, 0.25) is 0 Å². The van der Waals surface area contributed by atoms with E-state index in [-0.39, 0.29) is 30.1 Å². The highest BCUT2D eigenvalue weighted by Gasteiger charge is 2.37. The minimum absolute atomic E-state index is 0.0272. The smallest absolute Gasteiger partial charge is 0.319 e. The van der Waals surface area contributed by atoms with Crippen LogP contribution in [0, 0.1) is 0 Å². The van der Waals surface area contributed by atoms with E-state index in [4.69, 9.17) is 4.74 Å². The molecule has 0 spiro atoms. The molecule has 6 heteroatoms. The quantitative estimate of drug-likeness (QED) is 0.885. The Morgan fingerprint density at radius 2 is 1.96 bits per heavy atom. The number of urea groups is 1. The highest BCUT2D eigenvalue weighted by atomic mass is 16.5. The molecule has 2 fully saturated rings. The van der Waals surface area contributed by atoms with Crippen LogP contribution in [0.25, 0.3) is 0 Å². The maximum atomic E-state index is 13.2. The first-order valence-corrected chi connectivity index (χ1v) is 9.15. The SMILES string of the molecule is CC(C)NC(=O)Nc1ccccc1C(=O)N1CCO[C@@H]2CCCC[C@@H]21. The Hall–Kier alpha value is -2.08. The molecule has 0 radical (unpaired) electrons. The van der Waals surface area contributed by atoms with Gasteiger partial charge in [0.25, 0.3) is 5.91 Å². The molecule has 3 amide bonds. The lowest BCUT2D eigenvalue weighted by molar-refractivity contribution is -0.0752. The van der Waals surface area contributed by atoms with Crippen molar-refractivity contribution < 1.29 is 14.3 Å². The van der Waals surface area contributed by atoms with E-state index in [1.165, 1.54) is 0 Å². The van der Waals surface area contributed by atoms with Gasteiger partial charge in [-0.25, -0.2) is 4.79 Å². The highest BCUT2D eigenvalue weighted by molar-refractivity contribution is 6.03. The number of carbonyl (C=O) groups excluding carboxylic acids is 2. The Morgan fingerprint density at radius 1 is 1.20 bits per heavy atom. The fourth-order valence-electron chi connectivity index (χ4n) is 3.70. The topological polar surface area (TPSA) is 70.7 Å². The fraction of sp³-hybridized carbons (Fsp3) is 0.579. The molecule has 2 atom stereocenters. The van der Waals surface area contributed by atoms with Gasteiger partial charge in [-0.1, -0.05) is 25.0 Å². The van der Waals surface area contributed by atoms with Gasteiger partial charge in [0.2, 0.25) is 0 Å². The monoisotopic (exact) mass is 345 g/mol. The van der Waals surface area contributed by atoms with Gasteiger partial charge in [-0.3, -0.25) is 4.79 Å². The first-order chi connectivity index (χ1) is 12.1. The maximum Gasteiger partial charge on any atom is 0.319 e. The molecular formula is C19H27N3O3. The zero-order chi connectivity index (χ0) is 17.8. The van der Waals surface area contributed by atoms with E-state index in [0.29, 0.717) is 24.4 Å². The number of para-hydroxylation sites is 1. The average Bonchev–Trinajstić information content (AvgIpc) is 2.60. The number of nitrogens with one attached hydrogen (secondary N) is 2. The number of amides is 3. The summed E-state index contributed by atoms with van der Waals surface area (Å²) in [6.45, 7) is 4.98. The molecule has 0 unspecified atom stereocenters. The van der Waals surface area contributed by atoms with E-state index in [1.807, 2.05) is 30.9 Å². The zero-order valence-corrected chi connectivity index (χ0v) is 15.0. The number of fused-ring (bicyclic) bond motifs is 1. The Balaban J connectivity index is 1.78. The minimum atomic E-state index is -0.298. The second-order valence-corrected chi connectivity index (χ2v) is 7.06. The number of ether oxygens (including phenoxy) is 1. The molecule has 1 saturated heterocycles. The molecule has 2 N–H and O–H groups in total. The predicted molar refractivity (Wildman–Crippen MR) is 96.8 cm³/mol. The van der Waals surface area contributed by atoms with Gasteiger partial charge in [0.05, 0.1) is 30.0 Å². The van der Waals surface area contributed by atoms with Crippen molar-refractivity contribution in [2.75, 3.05) is 18.5 Å². The van der Waals surface area contributed by atoms with Crippen LogP contribution >= 0.6 is 0 Å². The second kappa shape index (κ2) is 7.87. The zero-order valence-electron chi connectivity index (χ0n) is 15.0. The molecule has 1 aliphatic heterocycles. The van der Waals surface area contributed by atoms with Crippen molar-refractivity contribution in [3.63, 3.8) is 0 Å². The third-order valence-electron chi connectivity index (χ3n) is 4.82. The largest absolute Gasteiger partial charge is 0.374 e. The highest BCUT2D eigenvalue weighted by Crippen LogP contribution is 2.30. The molecule has 1 aromatic rings. The summed E-state index contributed by atoms with van der Waals surface area (Å²) in [6.07, 6.45) is 4.45. The van der Waals surface area contributed by atoms with Gasteiger partial charge in [0.15, 0.2) is 0 Å². The van der Waals surface area contributed by atoms with Crippen molar-refractivity contribution in [2.45, 2.75) is 57.7 Å². The van der Waals surface area contributed by atoms with Crippen LogP contribution in [0.5, 0.6) is 0 Å². The molecule has 1 saturated carbocycles. The molecule has 1 aromatic carbocycles. The maximum absolute atomic E-state index is 13.2. The van der Waals surface area contributed by atoms with Gasteiger partial charge in [-0.2, -0.15) is 0 Å². The summed E-state index contributed by atoms with van der Waals surface area (Å²) >= 11 is 0. The van der Waals surface area contributed by atoms with Crippen LogP contribution in [0.15, 0.2) is 24.3 Å². The lowest BCUT2D eigenvalue weighted by Crippen LogP contribution is -2.54. The van der Waals surface area contributed by atoms with E-state index in [9.17, 15) is 9.59 Å². The van der Waals surface area contributed by atoms with Crippen LogP contribution in [0.1, 0.15) is 49.9 Å². The fourth-order valence-corrected chi connectivity index (χ4v) is 3.70. The number of morpholine rings is 1. The van der Waals surface area contributed by atoms with E-state index >= 15 is 0 Å². The second-order valence-electron chi connectivity index (χ2n) is 7.06. The molecular weight excluding hydrogens is 318 g/mol. The molecule has 6 nitrogen and oxygen atoms in total. The molecule has 2 aliphatic rings. The summed E-state index contributed by atoms with van der Waals surface area (Å²) in [5, 5.41) is 5.59. The number of hydrogen-bond donors (Lipinski definition) is 2. The van der Waals surface area contributed by atoms with E-state index in [0.717, 1.165) is 25.7 Å². The van der Waals surface area contributed by atoms with E-state index in [2.05, 4.69) is 10.6 Å². The first kappa shape index (κ1) is 17.7. The van der Waals surface area contributed by atoms with E-state index in [1.54, 1.807) is 12.1 Å². The molecule has 0 bridgehead atoms. The summed E-state index contributed by atoms with van der Waals surface area (Å²) in [5.74, 6) is -0.0272. The Labute approximate surface area is 148 Å². The van der Waals surface area contributed by atoms with Crippen molar-refractivity contribution in [1.29, 1.82) is 0 Å². The van der Waals surface area contributed by atoms with Gasteiger partial charge < -0.3 is 20.3 Å². The first-order valence-electron chi connectivity index (χ1n) is 9.15. The van der Waals surface area contributed by atoms with Gasteiger partial charge in [-0.15, -0.1) is 0 Å².